The fourth-order valence-corrected chi connectivity index (χ4v) is 2.88. The molecule has 7 heteroatoms. The van der Waals surface area contributed by atoms with Crippen LogP contribution in [0, 0.1) is 11.6 Å². The minimum Gasteiger partial charge on any atom is -0.370 e. The molecule has 1 unspecified atom stereocenters. The maximum atomic E-state index is 13.4. The normalized spacial score (nSPS) is 18.6. The molecule has 22 heavy (non-hydrogen) atoms. The standard InChI is InChI=1S/C15H16F2N4O/c16-10-6-12-13(7-11(10)17)20-15(8-19-12)21-4-2-1-3-9(21)5-14(18)22/h6-9H,1-5H2,(H2,18,22). The Morgan fingerprint density at radius 2 is 2.00 bits per heavy atom. The van der Waals surface area contributed by atoms with Gasteiger partial charge >= 0.3 is 0 Å². The van der Waals surface area contributed by atoms with E-state index in [1.807, 2.05) is 4.90 Å². The zero-order valence-electron chi connectivity index (χ0n) is 11.9. The van der Waals surface area contributed by atoms with E-state index in [2.05, 4.69) is 9.97 Å². The number of anilines is 1. The van der Waals surface area contributed by atoms with Gasteiger partial charge in [0.25, 0.3) is 0 Å². The lowest BCUT2D eigenvalue weighted by molar-refractivity contribution is -0.118. The second-order valence-electron chi connectivity index (χ2n) is 5.50. The van der Waals surface area contributed by atoms with Gasteiger partial charge < -0.3 is 10.6 Å². The van der Waals surface area contributed by atoms with Gasteiger partial charge in [0.2, 0.25) is 5.91 Å². The predicted molar refractivity (Wildman–Crippen MR) is 78.3 cm³/mol. The Kier molecular flexibility index (Phi) is 3.87. The molecule has 2 N–H and O–H groups in total. The predicted octanol–water partition coefficient (Wildman–Crippen LogP) is 2.14. The fraction of sp³-hybridized carbons (Fsp3) is 0.400. The van der Waals surface area contributed by atoms with E-state index >= 15 is 0 Å². The van der Waals surface area contributed by atoms with Gasteiger partial charge in [-0.3, -0.25) is 9.78 Å². The zero-order chi connectivity index (χ0) is 15.7. The van der Waals surface area contributed by atoms with E-state index < -0.39 is 11.6 Å². The molecule has 116 valence electrons. The van der Waals surface area contributed by atoms with Crippen LogP contribution >= 0.6 is 0 Å². The van der Waals surface area contributed by atoms with E-state index in [1.165, 1.54) is 6.20 Å². The largest absolute Gasteiger partial charge is 0.370 e. The molecular formula is C15H16F2N4O. The number of halogens is 2. The summed E-state index contributed by atoms with van der Waals surface area (Å²) in [6, 6.07) is 2.04. The Morgan fingerprint density at radius 3 is 2.73 bits per heavy atom. The van der Waals surface area contributed by atoms with Crippen molar-refractivity contribution in [2.45, 2.75) is 31.7 Å². The van der Waals surface area contributed by atoms with Gasteiger partial charge in [-0.2, -0.15) is 0 Å². The van der Waals surface area contributed by atoms with Gasteiger partial charge in [-0.1, -0.05) is 0 Å². The number of hydrogen-bond acceptors (Lipinski definition) is 4. The van der Waals surface area contributed by atoms with Crippen molar-refractivity contribution in [2.75, 3.05) is 11.4 Å². The van der Waals surface area contributed by atoms with Crippen molar-refractivity contribution in [3.8, 4) is 0 Å². The van der Waals surface area contributed by atoms with Crippen LogP contribution in [0.25, 0.3) is 11.0 Å². The number of rotatable bonds is 3. The maximum absolute atomic E-state index is 13.4. The van der Waals surface area contributed by atoms with Gasteiger partial charge in [0.05, 0.1) is 17.2 Å². The molecule has 1 aliphatic heterocycles. The van der Waals surface area contributed by atoms with Crippen LogP contribution in [0.1, 0.15) is 25.7 Å². The molecule has 0 radical (unpaired) electrons. The lowest BCUT2D eigenvalue weighted by Gasteiger charge is -2.36. The van der Waals surface area contributed by atoms with Crippen LogP contribution in [-0.2, 0) is 4.79 Å². The highest BCUT2D eigenvalue weighted by atomic mass is 19.2. The first-order chi connectivity index (χ1) is 10.5. The van der Waals surface area contributed by atoms with Gasteiger partial charge in [-0.25, -0.2) is 13.8 Å². The molecule has 1 aromatic carbocycles. The molecule has 3 rings (SSSR count). The van der Waals surface area contributed by atoms with Crippen LogP contribution in [0.2, 0.25) is 0 Å². The second-order valence-corrected chi connectivity index (χ2v) is 5.50. The molecule has 1 atom stereocenters. The Bertz CT molecular complexity index is 722. The van der Waals surface area contributed by atoms with Gasteiger partial charge in [0.15, 0.2) is 11.6 Å². The monoisotopic (exact) mass is 306 g/mol. The first-order valence-electron chi connectivity index (χ1n) is 7.21. The quantitative estimate of drug-likeness (QED) is 0.943. The third-order valence-corrected chi connectivity index (χ3v) is 3.93. The Balaban J connectivity index is 1.97. The van der Waals surface area contributed by atoms with Crippen molar-refractivity contribution in [2.24, 2.45) is 5.73 Å². The third-order valence-electron chi connectivity index (χ3n) is 3.93. The molecule has 5 nitrogen and oxygen atoms in total. The van der Waals surface area contributed by atoms with E-state index in [1.54, 1.807) is 0 Å². The number of aromatic nitrogens is 2. The zero-order valence-corrected chi connectivity index (χ0v) is 11.9. The molecule has 0 bridgehead atoms. The average molecular weight is 306 g/mol. The van der Waals surface area contributed by atoms with Crippen LogP contribution in [0.15, 0.2) is 18.3 Å². The van der Waals surface area contributed by atoms with Crippen molar-refractivity contribution in [1.82, 2.24) is 9.97 Å². The van der Waals surface area contributed by atoms with Gasteiger partial charge in [-0.15, -0.1) is 0 Å². The Labute approximate surface area is 126 Å². The minimum atomic E-state index is -0.953. The first kappa shape index (κ1) is 14.6. The summed E-state index contributed by atoms with van der Waals surface area (Å²) < 4.78 is 26.6. The van der Waals surface area contributed by atoms with E-state index in [0.717, 1.165) is 37.9 Å². The van der Waals surface area contributed by atoms with Gasteiger partial charge in [-0.05, 0) is 19.3 Å². The highest BCUT2D eigenvalue weighted by molar-refractivity contribution is 5.77. The number of carbonyl (C=O) groups is 1. The lowest BCUT2D eigenvalue weighted by atomic mass is 9.99. The molecule has 2 aromatic rings. The van der Waals surface area contributed by atoms with E-state index in [9.17, 15) is 13.6 Å². The molecule has 0 aliphatic carbocycles. The van der Waals surface area contributed by atoms with Crippen LogP contribution < -0.4 is 10.6 Å². The minimum absolute atomic E-state index is 0.0247. The molecule has 1 amide bonds. The molecule has 1 aliphatic rings. The summed E-state index contributed by atoms with van der Waals surface area (Å²) in [5.74, 6) is -1.70. The summed E-state index contributed by atoms with van der Waals surface area (Å²) in [7, 11) is 0. The third kappa shape index (κ3) is 2.84. The number of carbonyl (C=O) groups excluding carboxylic acids is 1. The number of amides is 1. The Morgan fingerprint density at radius 1 is 1.27 bits per heavy atom. The van der Waals surface area contributed by atoms with E-state index in [-0.39, 0.29) is 18.4 Å². The maximum Gasteiger partial charge on any atom is 0.219 e. The SMILES string of the molecule is NC(=O)CC1CCCCN1c1cnc2cc(F)c(F)cc2n1. The van der Waals surface area contributed by atoms with Crippen molar-refractivity contribution in [3.05, 3.63) is 30.0 Å². The number of fused-ring (bicyclic) bond motifs is 1. The van der Waals surface area contributed by atoms with Crippen LogP contribution in [0.3, 0.4) is 0 Å². The highest BCUT2D eigenvalue weighted by Gasteiger charge is 2.25. The number of hydrogen-bond donors (Lipinski definition) is 1. The van der Waals surface area contributed by atoms with E-state index in [0.29, 0.717) is 16.9 Å². The summed E-state index contributed by atoms with van der Waals surface area (Å²) in [4.78, 5) is 21.7. The second kappa shape index (κ2) is 5.82. The molecule has 0 spiro atoms. The van der Waals surface area contributed by atoms with Crippen molar-refractivity contribution in [1.29, 1.82) is 0 Å². The summed E-state index contributed by atoms with van der Waals surface area (Å²) in [5, 5.41) is 0. The molecule has 2 heterocycles. The molecule has 1 saturated heterocycles. The average Bonchev–Trinajstić information content (AvgIpc) is 2.48. The molecule has 1 fully saturated rings. The highest BCUT2D eigenvalue weighted by Crippen LogP contribution is 2.26. The van der Waals surface area contributed by atoms with Crippen LogP contribution in [0.5, 0.6) is 0 Å². The van der Waals surface area contributed by atoms with Crippen molar-refractivity contribution >= 4 is 22.8 Å². The van der Waals surface area contributed by atoms with Crippen molar-refractivity contribution in [3.63, 3.8) is 0 Å². The molecule has 1 aromatic heterocycles. The summed E-state index contributed by atoms with van der Waals surface area (Å²) >= 11 is 0. The molecule has 0 saturated carbocycles. The van der Waals surface area contributed by atoms with Crippen LogP contribution in [-0.4, -0.2) is 28.5 Å². The number of piperidine rings is 1. The lowest BCUT2D eigenvalue weighted by Crippen LogP contribution is -2.42. The fourth-order valence-electron chi connectivity index (χ4n) is 2.88. The summed E-state index contributed by atoms with van der Waals surface area (Å²) in [6.07, 6.45) is 4.62. The van der Waals surface area contributed by atoms with Gasteiger partial charge in [0, 0.05) is 31.1 Å². The first-order valence-corrected chi connectivity index (χ1v) is 7.21. The van der Waals surface area contributed by atoms with E-state index in [4.69, 9.17) is 5.73 Å². The topological polar surface area (TPSA) is 72.1 Å². The molecular weight excluding hydrogens is 290 g/mol. The number of nitrogens with zero attached hydrogens (tertiary/aromatic N) is 3. The number of nitrogens with two attached hydrogens (primary N) is 1. The number of benzene rings is 1. The number of primary amides is 1. The van der Waals surface area contributed by atoms with Crippen LogP contribution in [0.4, 0.5) is 14.6 Å². The van der Waals surface area contributed by atoms with Gasteiger partial charge in [0.1, 0.15) is 5.82 Å². The summed E-state index contributed by atoms with van der Waals surface area (Å²) in [5.41, 5.74) is 5.89. The smallest absolute Gasteiger partial charge is 0.219 e. The Hall–Kier alpha value is -2.31. The summed E-state index contributed by atoms with van der Waals surface area (Å²) in [6.45, 7) is 0.738. The van der Waals surface area contributed by atoms with Crippen molar-refractivity contribution < 1.29 is 13.6 Å².